The van der Waals surface area contributed by atoms with Crippen molar-refractivity contribution in [2.24, 2.45) is 11.8 Å². The van der Waals surface area contributed by atoms with Crippen molar-refractivity contribution in [2.75, 3.05) is 6.61 Å². The molecule has 0 radical (unpaired) electrons. The summed E-state index contributed by atoms with van der Waals surface area (Å²) in [6, 6.07) is 15.3. The van der Waals surface area contributed by atoms with E-state index in [9.17, 15) is 20.4 Å². The van der Waals surface area contributed by atoms with Crippen molar-refractivity contribution in [1.82, 2.24) is 0 Å². The highest BCUT2D eigenvalue weighted by Crippen LogP contribution is 2.44. The average Bonchev–Trinajstić information content (AvgIpc) is 3.59. The number of rotatable bonds is 7. The van der Waals surface area contributed by atoms with Gasteiger partial charge in [-0.3, -0.25) is 0 Å². The van der Waals surface area contributed by atoms with Gasteiger partial charge in [0.1, 0.15) is 6.10 Å². The molecule has 0 aromatic heterocycles. The molecule has 4 nitrogen and oxygen atoms in total. The van der Waals surface area contributed by atoms with Crippen LogP contribution in [0.15, 0.2) is 42.5 Å². The van der Waals surface area contributed by atoms with Gasteiger partial charge < -0.3 is 20.4 Å². The molecule has 0 saturated heterocycles. The molecule has 4 heteroatoms. The third-order valence-corrected chi connectivity index (χ3v) is 7.06. The molecule has 5 atom stereocenters. The summed E-state index contributed by atoms with van der Waals surface area (Å²) in [6.07, 6.45) is 1.48. The quantitative estimate of drug-likeness (QED) is 0.548. The van der Waals surface area contributed by atoms with Crippen LogP contribution in [0.2, 0.25) is 0 Å². The Kier molecular flexibility index (Phi) is 6.83. The van der Waals surface area contributed by atoms with Crippen molar-refractivity contribution in [3.05, 3.63) is 70.3 Å². The van der Waals surface area contributed by atoms with E-state index in [4.69, 9.17) is 0 Å². The molecule has 2 saturated carbocycles. The molecule has 0 aliphatic heterocycles. The van der Waals surface area contributed by atoms with Gasteiger partial charge in [0.2, 0.25) is 0 Å². The smallest absolute Gasteiger partial charge is 0.107 e. The second-order valence-electron chi connectivity index (χ2n) is 10.1. The predicted octanol–water partition coefficient (Wildman–Crippen LogP) is 3.53. The van der Waals surface area contributed by atoms with Gasteiger partial charge in [0.05, 0.1) is 12.2 Å². The Hall–Kier alpha value is -1.72. The van der Waals surface area contributed by atoms with Gasteiger partial charge in [-0.25, -0.2) is 0 Å². The second-order valence-corrected chi connectivity index (χ2v) is 10.1. The van der Waals surface area contributed by atoms with Crippen LogP contribution in [0.3, 0.4) is 0 Å². The molecular formula is C27H36O4. The molecule has 0 unspecified atom stereocenters. The molecule has 0 bridgehead atoms. The van der Waals surface area contributed by atoms with Crippen molar-refractivity contribution >= 4 is 0 Å². The van der Waals surface area contributed by atoms with Gasteiger partial charge in [-0.1, -0.05) is 56.3 Å². The van der Waals surface area contributed by atoms with E-state index in [0.717, 1.165) is 18.4 Å². The minimum absolute atomic E-state index is 0.197. The van der Waals surface area contributed by atoms with E-state index < -0.39 is 24.2 Å². The number of aliphatic hydroxyl groups is 4. The first-order valence-corrected chi connectivity index (χ1v) is 11.7. The van der Waals surface area contributed by atoms with Crippen LogP contribution in [0.5, 0.6) is 0 Å². The van der Waals surface area contributed by atoms with Crippen molar-refractivity contribution < 1.29 is 20.4 Å². The van der Waals surface area contributed by atoms with Crippen LogP contribution in [0.25, 0.3) is 0 Å². The molecule has 4 rings (SSSR count). The van der Waals surface area contributed by atoms with Crippen molar-refractivity contribution in [2.45, 2.75) is 76.1 Å². The fourth-order valence-electron chi connectivity index (χ4n) is 5.13. The van der Waals surface area contributed by atoms with Crippen LogP contribution >= 0.6 is 0 Å². The largest absolute Gasteiger partial charge is 0.396 e. The van der Waals surface area contributed by atoms with Crippen molar-refractivity contribution in [1.29, 1.82) is 0 Å². The van der Waals surface area contributed by atoms with Gasteiger partial charge in [-0.05, 0) is 71.8 Å². The monoisotopic (exact) mass is 424 g/mol. The molecule has 0 amide bonds. The molecule has 2 aromatic rings. The Morgan fingerprint density at radius 2 is 1.55 bits per heavy atom. The zero-order chi connectivity index (χ0) is 22.1. The van der Waals surface area contributed by atoms with E-state index in [1.807, 2.05) is 0 Å². The lowest BCUT2D eigenvalue weighted by Crippen LogP contribution is -2.51. The van der Waals surface area contributed by atoms with Gasteiger partial charge in [0, 0.05) is 18.4 Å². The molecule has 31 heavy (non-hydrogen) atoms. The van der Waals surface area contributed by atoms with E-state index >= 15 is 0 Å². The van der Waals surface area contributed by atoms with Crippen molar-refractivity contribution in [3.63, 3.8) is 0 Å². The molecule has 0 spiro atoms. The Morgan fingerprint density at radius 3 is 2.16 bits per heavy atom. The Balaban J connectivity index is 1.60. The fraction of sp³-hybridized carbons (Fsp3) is 0.556. The predicted molar refractivity (Wildman–Crippen MR) is 122 cm³/mol. The van der Waals surface area contributed by atoms with Crippen LogP contribution in [-0.4, -0.2) is 45.3 Å². The number of hydrogen-bond donors (Lipinski definition) is 4. The van der Waals surface area contributed by atoms with Crippen LogP contribution in [0, 0.1) is 11.8 Å². The molecule has 2 aliphatic carbocycles. The fourth-order valence-corrected chi connectivity index (χ4v) is 5.13. The molecule has 2 aliphatic rings. The summed E-state index contributed by atoms with van der Waals surface area (Å²) >= 11 is 0. The van der Waals surface area contributed by atoms with Crippen molar-refractivity contribution in [3.8, 4) is 0 Å². The first kappa shape index (κ1) is 22.5. The minimum Gasteiger partial charge on any atom is -0.396 e. The lowest BCUT2D eigenvalue weighted by Gasteiger charge is -2.40. The lowest BCUT2D eigenvalue weighted by atomic mass is 9.72. The van der Waals surface area contributed by atoms with E-state index in [2.05, 4.69) is 56.3 Å². The molecular weight excluding hydrogens is 388 g/mol. The highest BCUT2D eigenvalue weighted by molar-refractivity contribution is 5.42. The zero-order valence-corrected chi connectivity index (χ0v) is 18.6. The highest BCUT2D eigenvalue weighted by Gasteiger charge is 2.43. The lowest BCUT2D eigenvalue weighted by molar-refractivity contribution is -0.127. The van der Waals surface area contributed by atoms with Gasteiger partial charge >= 0.3 is 0 Å². The van der Waals surface area contributed by atoms with Crippen LogP contribution in [0.4, 0.5) is 0 Å². The number of benzene rings is 2. The Morgan fingerprint density at radius 1 is 0.871 bits per heavy atom. The Bertz CT molecular complexity index is 869. The van der Waals surface area contributed by atoms with E-state index in [-0.39, 0.29) is 12.5 Å². The normalized spacial score (nSPS) is 28.8. The van der Waals surface area contributed by atoms with Crippen LogP contribution in [-0.2, 0) is 12.8 Å². The molecule has 0 heterocycles. The third kappa shape index (κ3) is 5.04. The zero-order valence-electron chi connectivity index (χ0n) is 18.6. The van der Waals surface area contributed by atoms with Gasteiger partial charge in [0.15, 0.2) is 0 Å². The average molecular weight is 425 g/mol. The summed E-state index contributed by atoms with van der Waals surface area (Å²) < 4.78 is 0. The Labute approximate surface area is 185 Å². The molecule has 2 aromatic carbocycles. The highest BCUT2D eigenvalue weighted by atomic mass is 16.4. The number of hydrogen-bond acceptors (Lipinski definition) is 4. The van der Waals surface area contributed by atoms with E-state index in [1.165, 1.54) is 35.1 Å². The van der Waals surface area contributed by atoms with E-state index in [1.54, 1.807) is 0 Å². The maximum atomic E-state index is 10.7. The van der Waals surface area contributed by atoms with Gasteiger partial charge in [-0.15, -0.1) is 0 Å². The summed E-state index contributed by atoms with van der Waals surface area (Å²) in [5.41, 5.74) is 6.29. The number of aliphatic hydroxyl groups excluding tert-OH is 4. The maximum Gasteiger partial charge on any atom is 0.107 e. The summed E-state index contributed by atoms with van der Waals surface area (Å²) in [7, 11) is 0. The molecule has 2 fully saturated rings. The first-order chi connectivity index (χ1) is 14.9. The summed E-state index contributed by atoms with van der Waals surface area (Å²) in [6.45, 7) is 4.27. The first-order valence-electron chi connectivity index (χ1n) is 11.7. The summed E-state index contributed by atoms with van der Waals surface area (Å²) in [5.74, 6) is 0.542. The topological polar surface area (TPSA) is 80.9 Å². The minimum atomic E-state index is -1.24. The van der Waals surface area contributed by atoms with Gasteiger partial charge in [-0.2, -0.15) is 0 Å². The van der Waals surface area contributed by atoms with Gasteiger partial charge in [0.25, 0.3) is 0 Å². The van der Waals surface area contributed by atoms with Crippen LogP contribution in [0.1, 0.15) is 72.8 Å². The maximum absolute atomic E-state index is 10.7. The molecule has 4 N–H and O–H groups in total. The van der Waals surface area contributed by atoms with E-state index in [0.29, 0.717) is 18.3 Å². The third-order valence-electron chi connectivity index (χ3n) is 7.06. The standard InChI is InChI=1S/C27H36O4/c1-16(2)11-17-3-5-18(6-4-17)12-21-13-20(9-10-23(21)19-7-8-19)24-14-22(15-28)25(29)27(31)26(24)30/h3-6,9-10,13,16,19,22,24-31H,7-8,11-12,14-15H2,1-2H3/t22-,24+,25-,26+,27+/m1/s1. The molecule has 168 valence electrons. The summed E-state index contributed by atoms with van der Waals surface area (Å²) in [4.78, 5) is 0. The SMILES string of the molecule is CC(C)Cc1ccc(Cc2cc([C@@H]3C[C@H](CO)[C@@H](O)[C@H](O)[C@H]3O)ccc2C2CC2)cc1. The van der Waals surface area contributed by atoms with Crippen LogP contribution < -0.4 is 0 Å². The second kappa shape index (κ2) is 9.41. The summed E-state index contributed by atoms with van der Waals surface area (Å²) in [5, 5.41) is 40.8.